The predicted molar refractivity (Wildman–Crippen MR) is 113 cm³/mol. The second-order valence-electron chi connectivity index (χ2n) is 7.41. The van der Waals surface area contributed by atoms with Crippen molar-refractivity contribution >= 4 is 15.7 Å². The van der Waals surface area contributed by atoms with E-state index in [1.165, 1.54) is 9.87 Å². The van der Waals surface area contributed by atoms with Crippen LogP contribution in [0.2, 0.25) is 0 Å². The van der Waals surface area contributed by atoms with Gasteiger partial charge in [-0.1, -0.05) is 38.1 Å². The van der Waals surface area contributed by atoms with Gasteiger partial charge in [0, 0.05) is 32.4 Å². The first kappa shape index (κ1) is 20.8. The lowest BCUT2D eigenvalue weighted by Crippen LogP contribution is -2.36. The van der Waals surface area contributed by atoms with Crippen LogP contribution in [0.25, 0.3) is 0 Å². The molecule has 0 N–H and O–H groups in total. The molecule has 3 rings (SSSR count). The fraction of sp³-hybridized carbons (Fsp3) is 0.455. The second-order valence-corrected chi connectivity index (χ2v) is 9.45. The van der Waals surface area contributed by atoms with Gasteiger partial charge in [0.15, 0.2) is 0 Å². The molecule has 0 unspecified atom stereocenters. The molecule has 0 bridgehead atoms. The fourth-order valence-electron chi connectivity index (χ4n) is 3.36. The third-order valence-electron chi connectivity index (χ3n) is 5.49. The van der Waals surface area contributed by atoms with Crippen molar-refractivity contribution in [1.29, 1.82) is 0 Å². The first-order chi connectivity index (χ1) is 13.4. The monoisotopic (exact) mass is 402 g/mol. The maximum atomic E-state index is 12.9. The van der Waals surface area contributed by atoms with Gasteiger partial charge in [-0.25, -0.2) is 8.42 Å². The van der Waals surface area contributed by atoms with Gasteiger partial charge in [-0.3, -0.25) is 0 Å². The Balaban J connectivity index is 1.68. The molecule has 0 aliphatic carbocycles. The molecule has 1 atom stereocenters. The molecule has 6 heteroatoms. The minimum atomic E-state index is -3.51. The first-order valence-corrected chi connectivity index (χ1v) is 11.3. The molecule has 28 heavy (non-hydrogen) atoms. The smallest absolute Gasteiger partial charge is 0.243 e. The van der Waals surface area contributed by atoms with Crippen LogP contribution in [0.3, 0.4) is 0 Å². The van der Waals surface area contributed by atoms with Gasteiger partial charge in [0.1, 0.15) is 0 Å². The van der Waals surface area contributed by atoms with Crippen molar-refractivity contribution in [3.63, 3.8) is 0 Å². The molecule has 0 aromatic heterocycles. The highest BCUT2D eigenvalue weighted by Crippen LogP contribution is 2.23. The Hall–Kier alpha value is -1.89. The molecule has 0 radical (unpaired) electrons. The summed E-state index contributed by atoms with van der Waals surface area (Å²) in [6.45, 7) is 7.90. The minimum absolute atomic E-state index is 0.340. The lowest BCUT2D eigenvalue weighted by atomic mass is 9.99. The zero-order valence-corrected chi connectivity index (χ0v) is 17.8. The average Bonchev–Trinajstić information content (AvgIpc) is 2.74. The Morgan fingerprint density at radius 1 is 1.04 bits per heavy atom. The Bertz CT molecular complexity index is 858. The van der Waals surface area contributed by atoms with Crippen molar-refractivity contribution in [2.24, 2.45) is 0 Å². The maximum Gasteiger partial charge on any atom is 0.243 e. The van der Waals surface area contributed by atoms with Gasteiger partial charge in [0.2, 0.25) is 10.0 Å². The zero-order chi connectivity index (χ0) is 20.1. The molecule has 0 saturated carbocycles. The van der Waals surface area contributed by atoms with Gasteiger partial charge in [0.25, 0.3) is 0 Å². The van der Waals surface area contributed by atoms with E-state index in [1.54, 1.807) is 19.2 Å². The lowest BCUT2D eigenvalue weighted by molar-refractivity contribution is 0.122. The number of morpholine rings is 1. The van der Waals surface area contributed by atoms with E-state index in [2.05, 4.69) is 30.9 Å². The molecule has 1 heterocycles. The van der Waals surface area contributed by atoms with E-state index in [-0.39, 0.29) is 0 Å². The highest BCUT2D eigenvalue weighted by molar-refractivity contribution is 7.89. The van der Waals surface area contributed by atoms with Crippen LogP contribution in [0.4, 0.5) is 5.69 Å². The molecule has 0 spiro atoms. The molecular formula is C22H30N2O3S. The van der Waals surface area contributed by atoms with Gasteiger partial charge in [-0.15, -0.1) is 0 Å². The maximum absolute atomic E-state index is 12.9. The van der Waals surface area contributed by atoms with E-state index in [1.807, 2.05) is 24.3 Å². The zero-order valence-electron chi connectivity index (χ0n) is 17.0. The molecule has 1 aliphatic heterocycles. The number of nitrogens with zero attached hydrogens (tertiary/aromatic N) is 2. The number of benzene rings is 2. The highest BCUT2D eigenvalue weighted by Gasteiger charge is 2.21. The molecule has 1 aliphatic rings. The number of ether oxygens (including phenoxy) is 1. The van der Waals surface area contributed by atoms with Crippen LogP contribution in [0, 0.1) is 0 Å². The number of hydrogen-bond donors (Lipinski definition) is 0. The van der Waals surface area contributed by atoms with Crippen LogP contribution >= 0.6 is 0 Å². The van der Waals surface area contributed by atoms with Gasteiger partial charge < -0.3 is 9.64 Å². The Morgan fingerprint density at radius 3 is 2.21 bits per heavy atom. The summed E-state index contributed by atoms with van der Waals surface area (Å²) in [7, 11) is -1.88. The van der Waals surface area contributed by atoms with Crippen LogP contribution in [-0.2, 0) is 21.3 Å². The van der Waals surface area contributed by atoms with Crippen molar-refractivity contribution in [3.8, 4) is 0 Å². The van der Waals surface area contributed by atoms with Crippen LogP contribution in [-0.4, -0.2) is 46.1 Å². The largest absolute Gasteiger partial charge is 0.378 e. The van der Waals surface area contributed by atoms with Crippen LogP contribution < -0.4 is 4.90 Å². The van der Waals surface area contributed by atoms with Gasteiger partial charge in [-0.2, -0.15) is 4.31 Å². The van der Waals surface area contributed by atoms with Gasteiger partial charge >= 0.3 is 0 Å². The third kappa shape index (κ3) is 4.74. The molecule has 0 amide bonds. The average molecular weight is 403 g/mol. The predicted octanol–water partition coefficient (Wildman–Crippen LogP) is 3.86. The van der Waals surface area contributed by atoms with E-state index in [9.17, 15) is 8.42 Å². The quantitative estimate of drug-likeness (QED) is 0.706. The number of rotatable bonds is 7. The van der Waals surface area contributed by atoms with Gasteiger partial charge in [0.05, 0.1) is 18.1 Å². The summed E-state index contributed by atoms with van der Waals surface area (Å²) in [5.41, 5.74) is 3.29. The van der Waals surface area contributed by atoms with Crippen molar-refractivity contribution in [2.45, 2.75) is 37.6 Å². The molecule has 152 valence electrons. The van der Waals surface area contributed by atoms with Crippen molar-refractivity contribution in [3.05, 3.63) is 59.7 Å². The molecule has 2 aromatic rings. The van der Waals surface area contributed by atoms with E-state index >= 15 is 0 Å². The number of sulfonamides is 1. The topological polar surface area (TPSA) is 49.9 Å². The normalized spacial score (nSPS) is 16.4. The van der Waals surface area contributed by atoms with E-state index in [0.717, 1.165) is 44.0 Å². The highest BCUT2D eigenvalue weighted by atomic mass is 32.2. The Morgan fingerprint density at radius 2 is 1.64 bits per heavy atom. The summed E-state index contributed by atoms with van der Waals surface area (Å²) in [5.74, 6) is 0.430. The summed E-state index contributed by atoms with van der Waals surface area (Å²) in [6, 6.07) is 15.4. The lowest BCUT2D eigenvalue weighted by Gasteiger charge is -2.29. The standard InChI is InChI=1S/C22H30N2O3S/c1-4-18(2)20-7-11-22(12-8-20)28(25,26)23(3)17-19-5-9-21(10-6-19)24-13-15-27-16-14-24/h5-12,18H,4,13-17H2,1-3H3/t18-/m1/s1. The number of hydrogen-bond acceptors (Lipinski definition) is 4. The SMILES string of the molecule is CC[C@@H](C)c1ccc(S(=O)(=O)N(C)Cc2ccc(N3CCOCC3)cc2)cc1. The first-order valence-electron chi connectivity index (χ1n) is 9.89. The summed E-state index contributed by atoms with van der Waals surface area (Å²) in [4.78, 5) is 2.62. The molecule has 5 nitrogen and oxygen atoms in total. The third-order valence-corrected chi connectivity index (χ3v) is 7.31. The molecule has 2 aromatic carbocycles. The van der Waals surface area contributed by atoms with E-state index < -0.39 is 10.0 Å². The Labute approximate surface area is 169 Å². The van der Waals surface area contributed by atoms with Crippen LogP contribution in [0.15, 0.2) is 53.4 Å². The molecular weight excluding hydrogens is 372 g/mol. The van der Waals surface area contributed by atoms with Gasteiger partial charge in [-0.05, 0) is 47.7 Å². The summed E-state index contributed by atoms with van der Waals surface area (Å²) in [6.07, 6.45) is 1.03. The van der Waals surface area contributed by atoms with Crippen molar-refractivity contribution in [1.82, 2.24) is 4.31 Å². The molecule has 1 saturated heterocycles. The van der Waals surface area contributed by atoms with E-state index in [0.29, 0.717) is 17.4 Å². The summed E-state index contributed by atoms with van der Waals surface area (Å²) in [5, 5.41) is 0. The Kier molecular flexibility index (Phi) is 6.75. The van der Waals surface area contributed by atoms with E-state index in [4.69, 9.17) is 4.74 Å². The summed E-state index contributed by atoms with van der Waals surface area (Å²) < 4.78 is 32.6. The minimum Gasteiger partial charge on any atom is -0.378 e. The molecule has 1 fully saturated rings. The van der Waals surface area contributed by atoms with Crippen LogP contribution in [0.5, 0.6) is 0 Å². The van der Waals surface area contributed by atoms with Crippen molar-refractivity contribution in [2.75, 3.05) is 38.3 Å². The summed E-state index contributed by atoms with van der Waals surface area (Å²) >= 11 is 0. The number of anilines is 1. The van der Waals surface area contributed by atoms with Crippen LogP contribution in [0.1, 0.15) is 37.3 Å². The fourth-order valence-corrected chi connectivity index (χ4v) is 4.52. The second kappa shape index (κ2) is 9.07. The van der Waals surface area contributed by atoms with Crippen molar-refractivity contribution < 1.29 is 13.2 Å².